The van der Waals surface area contributed by atoms with Gasteiger partial charge in [-0.3, -0.25) is 0 Å². The second-order valence-electron chi connectivity index (χ2n) is 5.65. The zero-order valence-electron chi connectivity index (χ0n) is 12.7. The van der Waals surface area contributed by atoms with Crippen LogP contribution >= 0.6 is 0 Å². The van der Waals surface area contributed by atoms with Gasteiger partial charge in [0.05, 0.1) is 25.4 Å². The Hall–Kier alpha value is -2.16. The third-order valence-corrected chi connectivity index (χ3v) is 3.99. The third-order valence-electron chi connectivity index (χ3n) is 3.99. The predicted octanol–water partition coefficient (Wildman–Crippen LogP) is 4.19. The maximum absolute atomic E-state index is 5.81. The average Bonchev–Trinajstić information content (AvgIpc) is 2.50. The molecule has 3 nitrogen and oxygen atoms in total. The van der Waals surface area contributed by atoms with E-state index in [2.05, 4.69) is 43.4 Å². The molecule has 0 amide bonds. The molecule has 0 aliphatic carbocycles. The number of hydrogen-bond donors (Lipinski definition) is 1. The van der Waals surface area contributed by atoms with E-state index in [0.717, 1.165) is 23.8 Å². The molecule has 2 aromatic carbocycles. The standard InChI is InChI=1S/C18H21NO2/c1-12-8-9-17(20-3)15(10-12)19-18-13(2)11-21-16-7-5-4-6-14(16)18/h4-10,13,18-19H,11H2,1-3H3. The first kappa shape index (κ1) is 13.8. The number of ether oxygens (including phenoxy) is 2. The van der Waals surface area contributed by atoms with E-state index in [9.17, 15) is 0 Å². The van der Waals surface area contributed by atoms with E-state index in [-0.39, 0.29) is 6.04 Å². The van der Waals surface area contributed by atoms with Gasteiger partial charge in [0.15, 0.2) is 0 Å². The van der Waals surface area contributed by atoms with Gasteiger partial charge < -0.3 is 14.8 Å². The normalized spacial score (nSPS) is 20.3. The van der Waals surface area contributed by atoms with E-state index in [4.69, 9.17) is 9.47 Å². The summed E-state index contributed by atoms with van der Waals surface area (Å²) in [5, 5.41) is 3.64. The first-order valence-corrected chi connectivity index (χ1v) is 7.32. The van der Waals surface area contributed by atoms with Gasteiger partial charge in [-0.25, -0.2) is 0 Å². The van der Waals surface area contributed by atoms with Gasteiger partial charge in [-0.15, -0.1) is 0 Å². The lowest BCUT2D eigenvalue weighted by atomic mass is 9.91. The van der Waals surface area contributed by atoms with Gasteiger partial charge in [0.2, 0.25) is 0 Å². The van der Waals surface area contributed by atoms with Gasteiger partial charge >= 0.3 is 0 Å². The summed E-state index contributed by atoms with van der Waals surface area (Å²) in [6.07, 6.45) is 0. The van der Waals surface area contributed by atoms with Crippen LogP contribution in [0, 0.1) is 12.8 Å². The zero-order chi connectivity index (χ0) is 14.8. The monoisotopic (exact) mass is 283 g/mol. The molecule has 0 aromatic heterocycles. The van der Waals surface area contributed by atoms with Crippen LogP contribution in [-0.4, -0.2) is 13.7 Å². The highest BCUT2D eigenvalue weighted by molar-refractivity contribution is 5.60. The van der Waals surface area contributed by atoms with Crippen molar-refractivity contribution in [1.82, 2.24) is 0 Å². The van der Waals surface area contributed by atoms with Crippen LogP contribution < -0.4 is 14.8 Å². The number of para-hydroxylation sites is 1. The molecule has 2 unspecified atom stereocenters. The summed E-state index contributed by atoms with van der Waals surface area (Å²) in [6.45, 7) is 5.02. The summed E-state index contributed by atoms with van der Waals surface area (Å²) in [5.74, 6) is 2.24. The zero-order valence-corrected chi connectivity index (χ0v) is 12.7. The van der Waals surface area contributed by atoms with Crippen molar-refractivity contribution < 1.29 is 9.47 Å². The molecule has 0 saturated heterocycles. The van der Waals surface area contributed by atoms with Crippen LogP contribution in [0.2, 0.25) is 0 Å². The molecule has 21 heavy (non-hydrogen) atoms. The summed E-state index contributed by atoms with van der Waals surface area (Å²) >= 11 is 0. The van der Waals surface area contributed by atoms with Crippen LogP contribution in [0.3, 0.4) is 0 Å². The second-order valence-corrected chi connectivity index (χ2v) is 5.65. The molecule has 2 atom stereocenters. The van der Waals surface area contributed by atoms with Crippen molar-refractivity contribution in [3.8, 4) is 11.5 Å². The number of hydrogen-bond acceptors (Lipinski definition) is 3. The van der Waals surface area contributed by atoms with E-state index in [1.165, 1.54) is 11.1 Å². The molecular formula is C18H21NO2. The molecule has 0 radical (unpaired) electrons. The minimum Gasteiger partial charge on any atom is -0.495 e. The molecule has 0 fully saturated rings. The molecular weight excluding hydrogens is 262 g/mol. The third kappa shape index (κ3) is 2.68. The number of anilines is 1. The highest BCUT2D eigenvalue weighted by atomic mass is 16.5. The fourth-order valence-electron chi connectivity index (χ4n) is 2.82. The molecule has 3 rings (SSSR count). The lowest BCUT2D eigenvalue weighted by molar-refractivity contribution is 0.214. The van der Waals surface area contributed by atoms with Crippen LogP contribution in [0.15, 0.2) is 42.5 Å². The molecule has 110 valence electrons. The SMILES string of the molecule is COc1ccc(C)cc1NC1c2ccccc2OCC1C. The van der Waals surface area contributed by atoms with Crippen molar-refractivity contribution >= 4 is 5.69 Å². The molecule has 1 aliphatic heterocycles. The smallest absolute Gasteiger partial charge is 0.141 e. The Morgan fingerprint density at radius 1 is 1.19 bits per heavy atom. The molecule has 0 bridgehead atoms. The van der Waals surface area contributed by atoms with Crippen LogP contribution in [0.5, 0.6) is 11.5 Å². The van der Waals surface area contributed by atoms with Crippen LogP contribution in [-0.2, 0) is 0 Å². The second kappa shape index (κ2) is 5.68. The van der Waals surface area contributed by atoms with Gasteiger partial charge in [0.25, 0.3) is 0 Å². The van der Waals surface area contributed by atoms with E-state index in [0.29, 0.717) is 5.92 Å². The first-order chi connectivity index (χ1) is 10.2. The largest absolute Gasteiger partial charge is 0.495 e. The Bertz CT molecular complexity index is 639. The minimum atomic E-state index is 0.227. The Balaban J connectivity index is 1.96. The number of benzene rings is 2. The van der Waals surface area contributed by atoms with Gasteiger partial charge in [0, 0.05) is 11.5 Å². The Kier molecular flexibility index (Phi) is 3.74. The first-order valence-electron chi connectivity index (χ1n) is 7.32. The highest BCUT2D eigenvalue weighted by Crippen LogP contribution is 2.39. The Labute approximate surface area is 125 Å². The quantitative estimate of drug-likeness (QED) is 0.916. The number of aryl methyl sites for hydroxylation is 1. The number of fused-ring (bicyclic) bond motifs is 1. The highest BCUT2D eigenvalue weighted by Gasteiger charge is 2.28. The van der Waals surface area contributed by atoms with E-state index >= 15 is 0 Å². The van der Waals surface area contributed by atoms with E-state index < -0.39 is 0 Å². The lowest BCUT2D eigenvalue weighted by Gasteiger charge is -2.33. The molecule has 1 aliphatic rings. The van der Waals surface area contributed by atoms with Gasteiger partial charge in [-0.2, -0.15) is 0 Å². The fourth-order valence-corrected chi connectivity index (χ4v) is 2.82. The molecule has 3 heteroatoms. The summed E-state index contributed by atoms with van der Waals surface area (Å²) in [4.78, 5) is 0. The van der Waals surface area contributed by atoms with Crippen molar-refractivity contribution in [1.29, 1.82) is 0 Å². The molecule has 2 aromatic rings. The number of methoxy groups -OCH3 is 1. The summed E-state index contributed by atoms with van der Waals surface area (Å²) < 4.78 is 11.3. The minimum absolute atomic E-state index is 0.227. The van der Waals surface area contributed by atoms with E-state index in [1.807, 2.05) is 18.2 Å². The van der Waals surface area contributed by atoms with Crippen molar-refractivity contribution in [2.45, 2.75) is 19.9 Å². The van der Waals surface area contributed by atoms with Gasteiger partial charge in [0.1, 0.15) is 11.5 Å². The van der Waals surface area contributed by atoms with Crippen molar-refractivity contribution in [3.05, 3.63) is 53.6 Å². The van der Waals surface area contributed by atoms with Crippen LogP contribution in [0.1, 0.15) is 24.1 Å². The topological polar surface area (TPSA) is 30.5 Å². The number of nitrogens with one attached hydrogen (secondary N) is 1. The van der Waals surface area contributed by atoms with Crippen molar-refractivity contribution in [2.75, 3.05) is 19.0 Å². The van der Waals surface area contributed by atoms with Gasteiger partial charge in [-0.1, -0.05) is 31.2 Å². The lowest BCUT2D eigenvalue weighted by Crippen LogP contribution is -2.28. The number of rotatable bonds is 3. The van der Waals surface area contributed by atoms with Gasteiger partial charge in [-0.05, 0) is 30.7 Å². The molecule has 0 spiro atoms. The van der Waals surface area contributed by atoms with Crippen molar-refractivity contribution in [2.24, 2.45) is 5.92 Å². The van der Waals surface area contributed by atoms with E-state index in [1.54, 1.807) is 7.11 Å². The molecule has 1 heterocycles. The molecule has 0 saturated carbocycles. The molecule has 1 N–H and O–H groups in total. The fraction of sp³-hybridized carbons (Fsp3) is 0.333. The van der Waals surface area contributed by atoms with Crippen LogP contribution in [0.25, 0.3) is 0 Å². The van der Waals surface area contributed by atoms with Crippen molar-refractivity contribution in [3.63, 3.8) is 0 Å². The predicted molar refractivity (Wildman–Crippen MR) is 85.2 cm³/mol. The Morgan fingerprint density at radius 3 is 2.81 bits per heavy atom. The summed E-state index contributed by atoms with van der Waals surface area (Å²) in [5.41, 5.74) is 3.46. The maximum atomic E-state index is 5.81. The van der Waals surface area contributed by atoms with Crippen LogP contribution in [0.4, 0.5) is 5.69 Å². The summed E-state index contributed by atoms with van der Waals surface area (Å²) in [6, 6.07) is 14.7. The summed E-state index contributed by atoms with van der Waals surface area (Å²) in [7, 11) is 1.71. The Morgan fingerprint density at radius 2 is 2.00 bits per heavy atom. The maximum Gasteiger partial charge on any atom is 0.141 e. The average molecular weight is 283 g/mol.